The largest absolute Gasteiger partial charge is 0.350 e. The molecule has 1 N–H and O–H groups in total. The third kappa shape index (κ3) is 3.40. The second kappa shape index (κ2) is 7.67. The molecule has 2 aromatic carbocycles. The molecule has 2 aromatic heterocycles. The van der Waals surface area contributed by atoms with Crippen LogP contribution in [0.4, 0.5) is 11.4 Å². The Morgan fingerprint density at radius 1 is 1.07 bits per heavy atom. The summed E-state index contributed by atoms with van der Waals surface area (Å²) in [6.07, 6.45) is 3.46. The molecule has 144 valence electrons. The number of benzene rings is 2. The maximum atomic E-state index is 13.1. The van der Waals surface area contributed by atoms with Crippen molar-refractivity contribution in [3.8, 4) is 11.3 Å². The van der Waals surface area contributed by atoms with Crippen molar-refractivity contribution in [1.29, 1.82) is 0 Å². The highest BCUT2D eigenvalue weighted by Gasteiger charge is 2.22. The van der Waals surface area contributed by atoms with E-state index < -0.39 is 0 Å². The SMILES string of the molecule is CCn1nc(-c2ccccc2)c(C(C)=O)c(Nc2cccc3ccncc23)c1=O. The Bertz CT molecular complexity index is 1260. The van der Waals surface area contributed by atoms with Crippen molar-refractivity contribution in [1.82, 2.24) is 14.8 Å². The summed E-state index contributed by atoms with van der Waals surface area (Å²) in [5.74, 6) is -0.224. The molecule has 6 nitrogen and oxygen atoms in total. The number of pyridine rings is 1. The molecule has 6 heteroatoms. The van der Waals surface area contributed by atoms with Crippen LogP contribution in [0.3, 0.4) is 0 Å². The van der Waals surface area contributed by atoms with E-state index in [9.17, 15) is 9.59 Å². The highest BCUT2D eigenvalue weighted by molar-refractivity contribution is 6.06. The summed E-state index contributed by atoms with van der Waals surface area (Å²) in [4.78, 5) is 29.9. The Balaban J connectivity index is 1.99. The first-order valence-corrected chi connectivity index (χ1v) is 9.41. The van der Waals surface area contributed by atoms with Crippen LogP contribution in [0.2, 0.25) is 0 Å². The molecule has 0 amide bonds. The van der Waals surface area contributed by atoms with E-state index in [2.05, 4.69) is 15.4 Å². The van der Waals surface area contributed by atoms with Crippen molar-refractivity contribution in [2.45, 2.75) is 20.4 Å². The monoisotopic (exact) mass is 384 g/mol. The van der Waals surface area contributed by atoms with E-state index in [0.29, 0.717) is 17.9 Å². The van der Waals surface area contributed by atoms with E-state index >= 15 is 0 Å². The van der Waals surface area contributed by atoms with Crippen molar-refractivity contribution in [2.24, 2.45) is 0 Å². The molecule has 0 saturated heterocycles. The lowest BCUT2D eigenvalue weighted by atomic mass is 10.0. The van der Waals surface area contributed by atoms with E-state index in [1.54, 1.807) is 12.4 Å². The molecule has 0 saturated carbocycles. The lowest BCUT2D eigenvalue weighted by Gasteiger charge is -2.17. The molecule has 0 aliphatic carbocycles. The summed E-state index contributed by atoms with van der Waals surface area (Å²) in [6, 6.07) is 17.1. The number of hydrogen-bond donors (Lipinski definition) is 1. The quantitative estimate of drug-likeness (QED) is 0.515. The number of nitrogens with one attached hydrogen (secondary N) is 1. The van der Waals surface area contributed by atoms with Gasteiger partial charge in [0.1, 0.15) is 11.4 Å². The minimum absolute atomic E-state index is 0.224. The number of Topliss-reactive ketones (excluding diaryl/α,β-unsaturated/α-hetero) is 1. The van der Waals surface area contributed by atoms with Crippen molar-refractivity contribution >= 4 is 27.9 Å². The number of fused-ring (bicyclic) bond motifs is 1. The number of carbonyl (C=O) groups excluding carboxylic acids is 1. The van der Waals surface area contributed by atoms with E-state index in [1.807, 2.05) is 61.5 Å². The van der Waals surface area contributed by atoms with Crippen LogP contribution in [0.5, 0.6) is 0 Å². The van der Waals surface area contributed by atoms with Crippen molar-refractivity contribution in [3.63, 3.8) is 0 Å². The predicted octanol–water partition coefficient (Wildman–Crippen LogP) is 4.42. The Morgan fingerprint density at radius 3 is 2.59 bits per heavy atom. The molecule has 4 rings (SSSR count). The Morgan fingerprint density at radius 2 is 1.86 bits per heavy atom. The van der Waals surface area contributed by atoms with E-state index in [1.165, 1.54) is 11.6 Å². The minimum atomic E-state index is -0.335. The maximum absolute atomic E-state index is 13.1. The number of nitrogens with zero attached hydrogens (tertiary/aromatic N) is 3. The van der Waals surface area contributed by atoms with Gasteiger partial charge >= 0.3 is 0 Å². The molecule has 0 unspecified atom stereocenters. The first kappa shape index (κ1) is 18.6. The normalized spacial score (nSPS) is 10.8. The van der Waals surface area contributed by atoms with Crippen molar-refractivity contribution < 1.29 is 4.79 Å². The van der Waals surface area contributed by atoms with E-state index in [4.69, 9.17) is 0 Å². The fourth-order valence-corrected chi connectivity index (χ4v) is 3.40. The minimum Gasteiger partial charge on any atom is -0.350 e. The van der Waals surface area contributed by atoms with Gasteiger partial charge in [-0.15, -0.1) is 0 Å². The van der Waals surface area contributed by atoms with E-state index in [0.717, 1.165) is 16.3 Å². The van der Waals surface area contributed by atoms with Gasteiger partial charge in [-0.05, 0) is 31.4 Å². The van der Waals surface area contributed by atoms with Crippen molar-refractivity contribution in [3.05, 3.63) is 82.9 Å². The predicted molar refractivity (Wildman–Crippen MR) is 115 cm³/mol. The highest BCUT2D eigenvalue weighted by atomic mass is 16.1. The molecule has 0 fully saturated rings. The molecular formula is C23H20N4O2. The van der Waals surface area contributed by atoms with Crippen molar-refractivity contribution in [2.75, 3.05) is 5.32 Å². The van der Waals surface area contributed by atoms with Crippen LogP contribution in [-0.4, -0.2) is 20.5 Å². The number of aromatic nitrogens is 3. The Kier molecular flexibility index (Phi) is 4.91. The lowest BCUT2D eigenvalue weighted by Crippen LogP contribution is -2.28. The molecule has 4 aromatic rings. The smallest absolute Gasteiger partial charge is 0.291 e. The zero-order valence-electron chi connectivity index (χ0n) is 16.2. The average molecular weight is 384 g/mol. The average Bonchev–Trinajstić information content (AvgIpc) is 2.75. The summed E-state index contributed by atoms with van der Waals surface area (Å²) < 4.78 is 1.38. The molecule has 29 heavy (non-hydrogen) atoms. The third-order valence-corrected chi connectivity index (χ3v) is 4.80. The highest BCUT2D eigenvalue weighted by Crippen LogP contribution is 2.30. The van der Waals surface area contributed by atoms with Gasteiger partial charge in [-0.2, -0.15) is 5.10 Å². The standard InChI is InChI=1S/C23H20N4O2/c1-3-27-23(29)22(25-19-11-7-10-16-12-13-24-14-18(16)19)20(15(2)28)21(26-27)17-8-5-4-6-9-17/h4-14,25H,3H2,1-2H3. The number of aryl methyl sites for hydroxylation is 1. The van der Waals surface area contributed by atoms with Gasteiger partial charge in [-0.1, -0.05) is 42.5 Å². The third-order valence-electron chi connectivity index (χ3n) is 4.80. The zero-order chi connectivity index (χ0) is 20.4. The van der Waals surface area contributed by atoms with Gasteiger partial charge in [0.2, 0.25) is 0 Å². The van der Waals surface area contributed by atoms with Gasteiger partial charge < -0.3 is 5.32 Å². The van der Waals surface area contributed by atoms with Crippen LogP contribution in [0, 0.1) is 0 Å². The van der Waals surface area contributed by atoms with Gasteiger partial charge in [-0.25, -0.2) is 4.68 Å². The topological polar surface area (TPSA) is 76.9 Å². The summed E-state index contributed by atoms with van der Waals surface area (Å²) in [5.41, 5.74) is 2.15. The summed E-state index contributed by atoms with van der Waals surface area (Å²) >= 11 is 0. The van der Waals surface area contributed by atoms with Gasteiger partial charge in [0, 0.05) is 35.6 Å². The van der Waals surface area contributed by atoms with Crippen LogP contribution in [-0.2, 0) is 6.54 Å². The van der Waals surface area contributed by atoms with Gasteiger partial charge in [0.25, 0.3) is 5.56 Å². The molecule has 0 bridgehead atoms. The Labute approximate surface area is 167 Å². The number of ketones is 1. The number of carbonyl (C=O) groups is 1. The van der Waals surface area contributed by atoms with Crippen LogP contribution >= 0.6 is 0 Å². The van der Waals surface area contributed by atoms with E-state index in [-0.39, 0.29) is 22.6 Å². The molecule has 2 heterocycles. The first-order valence-electron chi connectivity index (χ1n) is 9.41. The van der Waals surface area contributed by atoms with Gasteiger partial charge in [0.15, 0.2) is 5.78 Å². The van der Waals surface area contributed by atoms with Crippen LogP contribution in [0.15, 0.2) is 71.8 Å². The molecule has 0 aliphatic heterocycles. The lowest BCUT2D eigenvalue weighted by molar-refractivity contribution is 0.101. The molecule has 0 spiro atoms. The summed E-state index contributed by atoms with van der Waals surface area (Å²) in [7, 11) is 0. The van der Waals surface area contributed by atoms with Gasteiger partial charge in [-0.3, -0.25) is 14.6 Å². The maximum Gasteiger partial charge on any atom is 0.291 e. The first-order chi connectivity index (χ1) is 14.1. The molecular weight excluding hydrogens is 364 g/mol. The van der Waals surface area contributed by atoms with Gasteiger partial charge in [0.05, 0.1) is 5.56 Å². The van der Waals surface area contributed by atoms with Crippen LogP contribution in [0.25, 0.3) is 22.0 Å². The molecule has 0 radical (unpaired) electrons. The second-order valence-corrected chi connectivity index (χ2v) is 6.67. The zero-order valence-corrected chi connectivity index (χ0v) is 16.2. The summed E-state index contributed by atoms with van der Waals surface area (Å²) in [5, 5.41) is 9.55. The molecule has 0 atom stereocenters. The number of anilines is 2. The number of hydrogen-bond acceptors (Lipinski definition) is 5. The van der Waals surface area contributed by atoms with Crippen LogP contribution in [0.1, 0.15) is 24.2 Å². The fraction of sp³-hybridized carbons (Fsp3) is 0.130. The Hall–Kier alpha value is -3.80. The second-order valence-electron chi connectivity index (χ2n) is 6.67. The fourth-order valence-electron chi connectivity index (χ4n) is 3.40. The molecule has 0 aliphatic rings. The number of rotatable bonds is 5. The van der Waals surface area contributed by atoms with Crippen LogP contribution < -0.4 is 10.9 Å². The summed E-state index contributed by atoms with van der Waals surface area (Å²) in [6.45, 7) is 3.69.